The van der Waals surface area contributed by atoms with Crippen LogP contribution in [-0.4, -0.2) is 35.4 Å². The van der Waals surface area contributed by atoms with Gasteiger partial charge in [-0.2, -0.15) is 0 Å². The van der Waals surface area contributed by atoms with Crippen molar-refractivity contribution in [1.82, 2.24) is 10.3 Å². The van der Waals surface area contributed by atoms with E-state index < -0.39 is 5.54 Å². The Balaban J connectivity index is 2.07. The molecule has 2 atom stereocenters. The number of pyridine rings is 1. The van der Waals surface area contributed by atoms with E-state index in [1.54, 1.807) is 11.8 Å². The zero-order chi connectivity index (χ0) is 15.3. The molecule has 1 fully saturated rings. The van der Waals surface area contributed by atoms with Gasteiger partial charge in [0.05, 0.1) is 12.1 Å². The molecule has 1 aromatic rings. The number of carbonyl (C=O) groups excluding carboxylic acids is 1. The lowest BCUT2D eigenvalue weighted by molar-refractivity contribution is -0.150. The van der Waals surface area contributed by atoms with Crippen molar-refractivity contribution in [3.05, 3.63) is 22.8 Å². The summed E-state index contributed by atoms with van der Waals surface area (Å²) in [6.07, 6.45) is 5.57. The Kier molecular flexibility index (Phi) is 6.08. The number of methoxy groups -OCH3 is 1. The monoisotopic (exact) mass is 372 g/mol. The summed E-state index contributed by atoms with van der Waals surface area (Å²) in [5.74, 6) is -0.140. The van der Waals surface area contributed by atoms with Crippen LogP contribution in [0.25, 0.3) is 0 Å². The first-order chi connectivity index (χ1) is 10.1. The Morgan fingerprint density at radius 2 is 2.43 bits per heavy atom. The van der Waals surface area contributed by atoms with E-state index in [0.717, 1.165) is 41.7 Å². The maximum atomic E-state index is 12.2. The molecule has 1 aliphatic rings. The van der Waals surface area contributed by atoms with Crippen LogP contribution in [0.5, 0.6) is 0 Å². The van der Waals surface area contributed by atoms with Gasteiger partial charge in [-0.05, 0) is 60.3 Å². The van der Waals surface area contributed by atoms with E-state index in [9.17, 15) is 4.79 Å². The fourth-order valence-corrected chi connectivity index (χ4v) is 4.37. The number of ether oxygens (including phenoxy) is 1. The van der Waals surface area contributed by atoms with Gasteiger partial charge in [0.15, 0.2) is 0 Å². The van der Waals surface area contributed by atoms with E-state index in [0.29, 0.717) is 5.25 Å². The van der Waals surface area contributed by atoms with Crippen LogP contribution in [0.4, 0.5) is 0 Å². The minimum absolute atomic E-state index is 0.140. The minimum Gasteiger partial charge on any atom is -0.468 e. The topological polar surface area (TPSA) is 51.2 Å². The lowest BCUT2D eigenvalue weighted by Crippen LogP contribution is -2.55. The number of hydrogen-bond acceptors (Lipinski definition) is 5. The third-order valence-electron chi connectivity index (χ3n) is 3.78. The van der Waals surface area contributed by atoms with Gasteiger partial charge >= 0.3 is 5.97 Å². The van der Waals surface area contributed by atoms with Gasteiger partial charge in [-0.25, -0.2) is 4.98 Å². The van der Waals surface area contributed by atoms with Crippen molar-refractivity contribution < 1.29 is 9.53 Å². The van der Waals surface area contributed by atoms with Crippen molar-refractivity contribution in [2.24, 2.45) is 0 Å². The molecule has 2 rings (SSSR count). The summed E-state index contributed by atoms with van der Waals surface area (Å²) >= 11 is 5.14. The van der Waals surface area contributed by atoms with Gasteiger partial charge in [0.1, 0.15) is 5.54 Å². The van der Waals surface area contributed by atoms with Crippen LogP contribution in [0.15, 0.2) is 27.8 Å². The average Bonchev–Trinajstić information content (AvgIpc) is 2.49. The molecule has 6 heteroatoms. The molecular weight excluding hydrogens is 352 g/mol. The zero-order valence-corrected chi connectivity index (χ0v) is 14.8. The molecule has 0 bridgehead atoms. The summed E-state index contributed by atoms with van der Waals surface area (Å²) < 4.78 is 6.01. The molecular formula is C15H21BrN2O2S. The van der Waals surface area contributed by atoms with Gasteiger partial charge in [0.25, 0.3) is 0 Å². The van der Waals surface area contributed by atoms with Gasteiger partial charge in [0, 0.05) is 15.9 Å². The summed E-state index contributed by atoms with van der Waals surface area (Å²) in [6.45, 7) is 2.79. The SMILES string of the molecule is CCNC1(C(=O)OC)CCCC(Sc2ccc(Br)cn2)C1. The van der Waals surface area contributed by atoms with E-state index in [2.05, 4.69) is 26.2 Å². The van der Waals surface area contributed by atoms with Crippen molar-refractivity contribution in [3.63, 3.8) is 0 Å². The lowest BCUT2D eigenvalue weighted by Gasteiger charge is -2.38. The Morgan fingerprint density at radius 3 is 3.05 bits per heavy atom. The van der Waals surface area contributed by atoms with Crippen LogP contribution in [0.2, 0.25) is 0 Å². The highest BCUT2D eigenvalue weighted by Crippen LogP contribution is 2.38. The predicted molar refractivity (Wildman–Crippen MR) is 88.5 cm³/mol. The molecule has 4 nitrogen and oxygen atoms in total. The molecule has 0 amide bonds. The van der Waals surface area contributed by atoms with Crippen molar-refractivity contribution >= 4 is 33.7 Å². The van der Waals surface area contributed by atoms with Crippen LogP contribution in [0.3, 0.4) is 0 Å². The molecule has 1 aliphatic carbocycles. The normalized spacial score (nSPS) is 25.6. The first kappa shape index (κ1) is 16.8. The summed E-state index contributed by atoms with van der Waals surface area (Å²) in [5, 5.41) is 4.74. The molecule has 0 spiro atoms. The predicted octanol–water partition coefficient (Wildman–Crippen LogP) is 3.40. The highest BCUT2D eigenvalue weighted by molar-refractivity contribution is 9.10. The second-order valence-electron chi connectivity index (χ2n) is 5.25. The minimum atomic E-state index is -0.533. The number of halogens is 1. The molecule has 1 aromatic heterocycles. The fraction of sp³-hybridized carbons (Fsp3) is 0.600. The van der Waals surface area contributed by atoms with E-state index >= 15 is 0 Å². The molecule has 1 saturated carbocycles. The molecule has 1 N–H and O–H groups in total. The number of thioether (sulfide) groups is 1. The van der Waals surface area contributed by atoms with E-state index in [1.165, 1.54) is 7.11 Å². The number of rotatable bonds is 5. The number of aromatic nitrogens is 1. The summed E-state index contributed by atoms with van der Waals surface area (Å²) in [4.78, 5) is 16.6. The third kappa shape index (κ3) is 4.20. The van der Waals surface area contributed by atoms with E-state index in [1.807, 2.05) is 25.3 Å². The highest BCUT2D eigenvalue weighted by Gasteiger charge is 2.43. The number of nitrogens with zero attached hydrogens (tertiary/aromatic N) is 1. The number of nitrogens with one attached hydrogen (secondary N) is 1. The van der Waals surface area contributed by atoms with Gasteiger partial charge in [-0.3, -0.25) is 4.79 Å². The standard InChI is InChI=1S/C15H21BrN2O2S/c1-3-18-15(14(19)20-2)8-4-5-12(9-15)21-13-7-6-11(16)10-17-13/h6-7,10,12,18H,3-5,8-9H2,1-2H3. The van der Waals surface area contributed by atoms with Gasteiger partial charge in [0.2, 0.25) is 0 Å². The Hall–Kier alpha value is -0.590. The van der Waals surface area contributed by atoms with Crippen LogP contribution in [-0.2, 0) is 9.53 Å². The van der Waals surface area contributed by atoms with Crippen molar-refractivity contribution in [3.8, 4) is 0 Å². The van der Waals surface area contributed by atoms with E-state index in [-0.39, 0.29) is 5.97 Å². The Labute approximate surface area is 138 Å². The maximum absolute atomic E-state index is 12.2. The highest BCUT2D eigenvalue weighted by atomic mass is 79.9. The third-order valence-corrected chi connectivity index (χ3v) is 5.47. The molecule has 2 unspecified atom stereocenters. The van der Waals surface area contributed by atoms with Gasteiger partial charge < -0.3 is 10.1 Å². The molecule has 0 aliphatic heterocycles. The number of hydrogen-bond donors (Lipinski definition) is 1. The first-order valence-electron chi connectivity index (χ1n) is 7.21. The molecule has 1 heterocycles. The largest absolute Gasteiger partial charge is 0.468 e. The number of carbonyl (C=O) groups is 1. The molecule has 21 heavy (non-hydrogen) atoms. The number of esters is 1. The first-order valence-corrected chi connectivity index (χ1v) is 8.88. The van der Waals surface area contributed by atoms with Gasteiger partial charge in [-0.1, -0.05) is 6.92 Å². The zero-order valence-electron chi connectivity index (χ0n) is 12.4. The second-order valence-corrected chi connectivity index (χ2v) is 7.49. The summed E-state index contributed by atoms with van der Waals surface area (Å²) in [5.41, 5.74) is -0.533. The molecule has 0 saturated heterocycles. The van der Waals surface area contributed by atoms with Crippen molar-refractivity contribution in [2.75, 3.05) is 13.7 Å². The van der Waals surface area contributed by atoms with Crippen LogP contribution >= 0.6 is 27.7 Å². The van der Waals surface area contributed by atoms with Crippen LogP contribution < -0.4 is 5.32 Å². The lowest BCUT2D eigenvalue weighted by atomic mass is 9.81. The van der Waals surface area contributed by atoms with Crippen molar-refractivity contribution in [1.29, 1.82) is 0 Å². The summed E-state index contributed by atoms with van der Waals surface area (Å²) in [7, 11) is 1.47. The van der Waals surface area contributed by atoms with Crippen LogP contribution in [0.1, 0.15) is 32.6 Å². The van der Waals surface area contributed by atoms with E-state index in [4.69, 9.17) is 4.74 Å². The molecule has 116 valence electrons. The molecule has 0 radical (unpaired) electrons. The quantitative estimate of drug-likeness (QED) is 0.802. The average molecular weight is 373 g/mol. The molecule has 0 aromatic carbocycles. The Bertz CT molecular complexity index is 479. The maximum Gasteiger partial charge on any atom is 0.326 e. The second kappa shape index (κ2) is 7.61. The van der Waals surface area contributed by atoms with Gasteiger partial charge in [-0.15, -0.1) is 11.8 Å². The Morgan fingerprint density at radius 1 is 1.62 bits per heavy atom. The summed E-state index contributed by atoms with van der Waals surface area (Å²) in [6, 6.07) is 4.01. The smallest absolute Gasteiger partial charge is 0.326 e. The fourth-order valence-electron chi connectivity index (χ4n) is 2.88. The number of likely N-dealkylation sites (N-methyl/N-ethyl adjacent to an activating group) is 1. The van der Waals surface area contributed by atoms with Crippen molar-refractivity contribution in [2.45, 2.75) is 48.4 Å². The van der Waals surface area contributed by atoms with Crippen LogP contribution in [0, 0.1) is 0 Å².